The minimum atomic E-state index is 0.0616. The van der Waals surface area contributed by atoms with Gasteiger partial charge in [-0.1, -0.05) is 48.0 Å². The molecular formula is C14H20BrN3. The van der Waals surface area contributed by atoms with E-state index in [1.807, 2.05) is 6.07 Å². The number of aliphatic imine (C=N–C) groups is 1. The summed E-state index contributed by atoms with van der Waals surface area (Å²) in [5, 5.41) is 3.45. The van der Waals surface area contributed by atoms with E-state index in [0.29, 0.717) is 0 Å². The van der Waals surface area contributed by atoms with Gasteiger partial charge in [0, 0.05) is 30.0 Å². The van der Waals surface area contributed by atoms with Gasteiger partial charge in [0.1, 0.15) is 0 Å². The second kappa shape index (κ2) is 5.31. The third-order valence-corrected chi connectivity index (χ3v) is 4.04. The quantitative estimate of drug-likeness (QED) is 0.929. The average Bonchev–Trinajstić information content (AvgIpc) is 2.73. The van der Waals surface area contributed by atoms with Gasteiger partial charge in [-0.3, -0.25) is 4.99 Å². The number of nitrogens with one attached hydrogen (secondary N) is 1. The zero-order valence-electron chi connectivity index (χ0n) is 11.2. The van der Waals surface area contributed by atoms with Crippen LogP contribution in [0, 0.1) is 0 Å². The molecular weight excluding hydrogens is 290 g/mol. The van der Waals surface area contributed by atoms with Crippen molar-refractivity contribution in [2.24, 2.45) is 4.99 Å². The van der Waals surface area contributed by atoms with E-state index in [1.165, 1.54) is 10.0 Å². The van der Waals surface area contributed by atoms with Crippen LogP contribution in [-0.4, -0.2) is 37.5 Å². The van der Waals surface area contributed by atoms with E-state index in [1.54, 1.807) is 0 Å². The number of halogens is 1. The zero-order valence-corrected chi connectivity index (χ0v) is 12.8. The molecule has 0 saturated carbocycles. The number of guanidine groups is 1. The van der Waals surface area contributed by atoms with Gasteiger partial charge in [0.05, 0.1) is 6.54 Å². The Morgan fingerprint density at radius 1 is 1.39 bits per heavy atom. The van der Waals surface area contributed by atoms with E-state index < -0.39 is 0 Å². The minimum Gasteiger partial charge on any atom is -0.355 e. The molecule has 0 aromatic heterocycles. The van der Waals surface area contributed by atoms with Crippen molar-refractivity contribution in [1.29, 1.82) is 0 Å². The lowest BCUT2D eigenvalue weighted by Gasteiger charge is -2.28. The van der Waals surface area contributed by atoms with Crippen molar-refractivity contribution < 1.29 is 0 Å². The van der Waals surface area contributed by atoms with Gasteiger partial charge in [0.25, 0.3) is 0 Å². The summed E-state index contributed by atoms with van der Waals surface area (Å²) in [6.45, 7) is 7.27. The summed E-state index contributed by atoms with van der Waals surface area (Å²) < 4.78 is 1.17. The fraction of sp³-hybridized carbons (Fsp3) is 0.500. The predicted octanol–water partition coefficient (Wildman–Crippen LogP) is 2.62. The van der Waals surface area contributed by atoms with Crippen LogP contribution in [0.2, 0.25) is 0 Å². The van der Waals surface area contributed by atoms with Crippen molar-refractivity contribution >= 4 is 21.9 Å². The van der Waals surface area contributed by atoms with Crippen LogP contribution in [-0.2, 0) is 5.41 Å². The Bertz CT molecular complexity index is 454. The zero-order chi connectivity index (χ0) is 13.2. The van der Waals surface area contributed by atoms with E-state index in [4.69, 9.17) is 0 Å². The van der Waals surface area contributed by atoms with Gasteiger partial charge in [-0.15, -0.1) is 0 Å². The molecule has 98 valence electrons. The summed E-state index contributed by atoms with van der Waals surface area (Å²) in [6, 6.07) is 8.40. The highest BCUT2D eigenvalue weighted by atomic mass is 79.9. The van der Waals surface area contributed by atoms with E-state index >= 15 is 0 Å². The molecule has 0 spiro atoms. The second-order valence-electron chi connectivity index (χ2n) is 5.34. The number of hydrogen-bond acceptors (Lipinski definition) is 3. The summed E-state index contributed by atoms with van der Waals surface area (Å²) in [6.07, 6.45) is 0. The van der Waals surface area contributed by atoms with E-state index in [9.17, 15) is 0 Å². The molecule has 0 radical (unpaired) electrons. The SMILES string of the molecule is CN1CCN=C1NCC(C)(C)c1ccccc1Br. The third-order valence-electron chi connectivity index (χ3n) is 3.35. The maximum absolute atomic E-state index is 4.46. The van der Waals surface area contributed by atoms with E-state index in [0.717, 1.165) is 25.6 Å². The second-order valence-corrected chi connectivity index (χ2v) is 6.20. The summed E-state index contributed by atoms with van der Waals surface area (Å²) in [5.41, 5.74) is 1.38. The lowest BCUT2D eigenvalue weighted by atomic mass is 9.84. The first-order chi connectivity index (χ1) is 8.50. The molecule has 0 unspecified atom stereocenters. The van der Waals surface area contributed by atoms with Gasteiger partial charge in [-0.25, -0.2) is 0 Å². The number of hydrogen-bond donors (Lipinski definition) is 1. The van der Waals surface area contributed by atoms with Gasteiger partial charge >= 0.3 is 0 Å². The highest BCUT2D eigenvalue weighted by Crippen LogP contribution is 2.29. The highest BCUT2D eigenvalue weighted by molar-refractivity contribution is 9.10. The maximum Gasteiger partial charge on any atom is 0.193 e. The predicted molar refractivity (Wildman–Crippen MR) is 80.1 cm³/mol. The Kier molecular flexibility index (Phi) is 3.95. The summed E-state index contributed by atoms with van der Waals surface area (Å²) in [5.74, 6) is 1.01. The van der Waals surface area contributed by atoms with Crippen molar-refractivity contribution in [2.45, 2.75) is 19.3 Å². The first-order valence-electron chi connectivity index (χ1n) is 6.25. The fourth-order valence-corrected chi connectivity index (χ4v) is 2.95. The van der Waals surface area contributed by atoms with Crippen LogP contribution >= 0.6 is 15.9 Å². The number of benzene rings is 1. The lowest BCUT2D eigenvalue weighted by molar-refractivity contribution is 0.479. The molecule has 18 heavy (non-hydrogen) atoms. The van der Waals surface area contributed by atoms with Crippen LogP contribution in [0.4, 0.5) is 0 Å². The van der Waals surface area contributed by atoms with Gasteiger partial charge < -0.3 is 10.2 Å². The number of rotatable bonds is 3. The molecule has 1 aliphatic heterocycles. The molecule has 4 heteroatoms. The topological polar surface area (TPSA) is 27.6 Å². The standard InChI is InChI=1S/C14H20BrN3/c1-14(2,11-6-4-5-7-12(11)15)10-17-13-16-8-9-18(13)3/h4-7H,8-10H2,1-3H3,(H,16,17). The van der Waals surface area contributed by atoms with Crippen LogP contribution in [0.5, 0.6) is 0 Å². The van der Waals surface area contributed by atoms with Crippen molar-refractivity contribution in [1.82, 2.24) is 10.2 Å². The van der Waals surface area contributed by atoms with Crippen LogP contribution in [0.15, 0.2) is 33.7 Å². The first kappa shape index (κ1) is 13.4. The van der Waals surface area contributed by atoms with Gasteiger partial charge in [0.2, 0.25) is 0 Å². The minimum absolute atomic E-state index is 0.0616. The van der Waals surface area contributed by atoms with Crippen molar-refractivity contribution in [3.63, 3.8) is 0 Å². The number of nitrogens with zero attached hydrogens (tertiary/aromatic N) is 2. The van der Waals surface area contributed by atoms with Crippen LogP contribution in [0.25, 0.3) is 0 Å². The fourth-order valence-electron chi connectivity index (χ4n) is 2.13. The molecule has 1 aromatic carbocycles. The van der Waals surface area contributed by atoms with Crippen molar-refractivity contribution in [2.75, 3.05) is 26.7 Å². The van der Waals surface area contributed by atoms with Gasteiger partial charge in [0.15, 0.2) is 5.96 Å². The molecule has 0 amide bonds. The normalized spacial score (nSPS) is 15.8. The summed E-state index contributed by atoms with van der Waals surface area (Å²) in [4.78, 5) is 6.62. The molecule has 2 rings (SSSR count). The Labute approximate surface area is 117 Å². The largest absolute Gasteiger partial charge is 0.355 e. The molecule has 0 saturated heterocycles. The van der Waals surface area contributed by atoms with E-state index in [2.05, 4.69) is 70.2 Å². The van der Waals surface area contributed by atoms with Gasteiger partial charge in [-0.05, 0) is 11.6 Å². The molecule has 0 aliphatic carbocycles. The van der Waals surface area contributed by atoms with Crippen LogP contribution in [0.1, 0.15) is 19.4 Å². The smallest absolute Gasteiger partial charge is 0.193 e. The Hall–Kier alpha value is -1.03. The molecule has 0 atom stereocenters. The summed E-state index contributed by atoms with van der Waals surface area (Å²) in [7, 11) is 2.07. The van der Waals surface area contributed by atoms with Crippen molar-refractivity contribution in [3.05, 3.63) is 34.3 Å². The molecule has 3 nitrogen and oxygen atoms in total. The molecule has 1 heterocycles. The average molecular weight is 310 g/mol. The molecule has 0 fully saturated rings. The van der Waals surface area contributed by atoms with Crippen LogP contribution in [0.3, 0.4) is 0 Å². The summed E-state index contributed by atoms with van der Waals surface area (Å²) >= 11 is 3.63. The van der Waals surface area contributed by atoms with Crippen LogP contribution < -0.4 is 5.32 Å². The molecule has 1 N–H and O–H groups in total. The number of likely N-dealkylation sites (N-methyl/N-ethyl adjacent to an activating group) is 1. The third kappa shape index (κ3) is 2.86. The van der Waals surface area contributed by atoms with E-state index in [-0.39, 0.29) is 5.41 Å². The van der Waals surface area contributed by atoms with Gasteiger partial charge in [-0.2, -0.15) is 0 Å². The first-order valence-corrected chi connectivity index (χ1v) is 7.04. The van der Waals surface area contributed by atoms with Crippen molar-refractivity contribution in [3.8, 4) is 0 Å². The Balaban J connectivity index is 2.06. The monoisotopic (exact) mass is 309 g/mol. The molecule has 0 bridgehead atoms. The maximum atomic E-state index is 4.46. The molecule has 1 aromatic rings. The highest BCUT2D eigenvalue weighted by Gasteiger charge is 2.24. The Morgan fingerprint density at radius 3 is 2.72 bits per heavy atom. The lowest BCUT2D eigenvalue weighted by Crippen LogP contribution is -2.42. The molecule has 1 aliphatic rings. The Morgan fingerprint density at radius 2 is 2.11 bits per heavy atom.